The normalized spacial score (nSPS) is 37.0. The third-order valence-corrected chi connectivity index (χ3v) is 6.29. The van der Waals surface area contributed by atoms with Gasteiger partial charge >= 0.3 is 5.97 Å². The van der Waals surface area contributed by atoms with E-state index in [0.29, 0.717) is 35.2 Å². The highest BCUT2D eigenvalue weighted by atomic mass is 16.4. The molecule has 0 aromatic carbocycles. The Morgan fingerprint density at radius 2 is 2.10 bits per heavy atom. The fraction of sp³-hybridized carbons (Fsp3) is 0.833. The van der Waals surface area contributed by atoms with Crippen molar-refractivity contribution in [2.24, 2.45) is 23.2 Å². The van der Waals surface area contributed by atoms with E-state index in [-0.39, 0.29) is 6.10 Å². The fourth-order valence-electron chi connectivity index (χ4n) is 5.07. The largest absolute Gasteiger partial charge is 0.478 e. The molecule has 0 bridgehead atoms. The monoisotopic (exact) mass is 294 g/mol. The highest BCUT2D eigenvalue weighted by Gasteiger charge is 2.51. The van der Waals surface area contributed by atoms with Gasteiger partial charge in [0.2, 0.25) is 0 Å². The number of carbonyl (C=O) groups is 1. The summed E-state index contributed by atoms with van der Waals surface area (Å²) in [5.41, 5.74) is 0.617. The Labute approximate surface area is 128 Å². The minimum atomic E-state index is -0.869. The Morgan fingerprint density at radius 1 is 1.38 bits per heavy atom. The van der Waals surface area contributed by atoms with Crippen LogP contribution in [0.4, 0.5) is 0 Å². The Balaban J connectivity index is 1.89. The number of hydrogen-bond acceptors (Lipinski definition) is 2. The van der Waals surface area contributed by atoms with E-state index < -0.39 is 5.97 Å². The smallest absolute Gasteiger partial charge is 0.330 e. The molecule has 0 aromatic rings. The first-order chi connectivity index (χ1) is 9.86. The van der Waals surface area contributed by atoms with Gasteiger partial charge in [0.25, 0.3) is 0 Å². The molecule has 0 spiro atoms. The molecule has 0 saturated heterocycles. The lowest BCUT2D eigenvalue weighted by molar-refractivity contribution is -0.132. The lowest BCUT2D eigenvalue weighted by Gasteiger charge is -2.45. The Kier molecular flexibility index (Phi) is 5.13. The van der Waals surface area contributed by atoms with Crippen molar-refractivity contribution in [1.82, 2.24) is 0 Å². The maximum atomic E-state index is 10.8. The standard InChI is InChI=1S/C18H30O3/c1-12(6-4-7-13(2)17(20)21)14-9-10-15-16(19)8-5-11-18(14,15)3/h12,14-16,19H,2,4-11H2,1,3H3,(H,20,21)/t12-,14?,15?,16?,18-/m1/s1. The first kappa shape index (κ1) is 16.5. The summed E-state index contributed by atoms with van der Waals surface area (Å²) < 4.78 is 0. The number of rotatable bonds is 6. The van der Waals surface area contributed by atoms with Crippen LogP contribution in [0.3, 0.4) is 0 Å². The van der Waals surface area contributed by atoms with Gasteiger partial charge < -0.3 is 10.2 Å². The number of fused-ring (bicyclic) bond motifs is 1. The first-order valence-corrected chi connectivity index (χ1v) is 8.45. The molecule has 2 rings (SSSR count). The van der Waals surface area contributed by atoms with Crippen LogP contribution in [0.2, 0.25) is 0 Å². The van der Waals surface area contributed by atoms with Crippen LogP contribution in [0.5, 0.6) is 0 Å². The molecule has 2 fully saturated rings. The summed E-state index contributed by atoms with van der Waals surface area (Å²) in [5, 5.41) is 19.1. The van der Waals surface area contributed by atoms with E-state index in [1.54, 1.807) is 0 Å². The van der Waals surface area contributed by atoms with Gasteiger partial charge in [-0.3, -0.25) is 0 Å². The van der Waals surface area contributed by atoms with Crippen molar-refractivity contribution in [3.05, 3.63) is 12.2 Å². The second-order valence-electron chi connectivity index (χ2n) is 7.53. The molecule has 0 aromatic heterocycles. The van der Waals surface area contributed by atoms with Crippen LogP contribution in [0.25, 0.3) is 0 Å². The van der Waals surface area contributed by atoms with Crippen LogP contribution >= 0.6 is 0 Å². The summed E-state index contributed by atoms with van der Waals surface area (Å²) in [6, 6.07) is 0. The molecule has 120 valence electrons. The molecule has 2 aliphatic rings. The van der Waals surface area contributed by atoms with Crippen molar-refractivity contribution in [3.8, 4) is 0 Å². The molecule has 3 heteroatoms. The zero-order valence-corrected chi connectivity index (χ0v) is 13.5. The van der Waals surface area contributed by atoms with Gasteiger partial charge in [0.15, 0.2) is 0 Å². The molecule has 2 N–H and O–H groups in total. The summed E-state index contributed by atoms with van der Waals surface area (Å²) in [4.78, 5) is 10.8. The summed E-state index contributed by atoms with van der Waals surface area (Å²) >= 11 is 0. The van der Waals surface area contributed by atoms with Crippen LogP contribution in [0.1, 0.15) is 65.2 Å². The Bertz CT molecular complexity index is 403. The number of carboxylic acids is 1. The van der Waals surface area contributed by atoms with E-state index >= 15 is 0 Å². The number of aliphatic carboxylic acids is 1. The zero-order chi connectivity index (χ0) is 15.6. The summed E-state index contributed by atoms with van der Waals surface area (Å²) in [7, 11) is 0. The lowest BCUT2D eigenvalue weighted by Crippen LogP contribution is -2.41. The van der Waals surface area contributed by atoms with Crippen LogP contribution in [0.15, 0.2) is 12.2 Å². The minimum absolute atomic E-state index is 0.104. The van der Waals surface area contributed by atoms with Gasteiger partial charge in [0, 0.05) is 5.57 Å². The van der Waals surface area contributed by atoms with E-state index in [1.165, 1.54) is 12.8 Å². The molecule has 0 amide bonds. The highest BCUT2D eigenvalue weighted by molar-refractivity contribution is 5.85. The van der Waals surface area contributed by atoms with Gasteiger partial charge in [-0.25, -0.2) is 4.79 Å². The number of aliphatic hydroxyl groups is 1. The molecule has 2 aliphatic carbocycles. The Morgan fingerprint density at radius 3 is 2.76 bits per heavy atom. The molecule has 0 aliphatic heterocycles. The molecule has 0 heterocycles. The van der Waals surface area contributed by atoms with Crippen LogP contribution in [-0.4, -0.2) is 22.3 Å². The van der Waals surface area contributed by atoms with Gasteiger partial charge in [-0.15, -0.1) is 0 Å². The second kappa shape index (κ2) is 6.51. The summed E-state index contributed by atoms with van der Waals surface area (Å²) in [5.74, 6) is 0.890. The second-order valence-corrected chi connectivity index (χ2v) is 7.53. The average molecular weight is 294 g/mol. The third-order valence-electron chi connectivity index (χ3n) is 6.29. The molecule has 3 unspecified atom stereocenters. The molecule has 5 atom stereocenters. The average Bonchev–Trinajstić information content (AvgIpc) is 2.77. The molecular formula is C18H30O3. The van der Waals surface area contributed by atoms with E-state index in [1.807, 2.05) is 0 Å². The number of aliphatic hydroxyl groups excluding tert-OH is 1. The van der Waals surface area contributed by atoms with Gasteiger partial charge in [-0.2, -0.15) is 0 Å². The molecule has 21 heavy (non-hydrogen) atoms. The van der Waals surface area contributed by atoms with Crippen LogP contribution in [0, 0.1) is 23.2 Å². The Hall–Kier alpha value is -0.830. The maximum Gasteiger partial charge on any atom is 0.330 e. The minimum Gasteiger partial charge on any atom is -0.478 e. The predicted octanol–water partition coefficient (Wildman–Crippen LogP) is 4.01. The van der Waals surface area contributed by atoms with Gasteiger partial charge in [-0.05, 0) is 61.7 Å². The summed E-state index contributed by atoms with van der Waals surface area (Å²) in [6.45, 7) is 8.29. The highest BCUT2D eigenvalue weighted by Crippen LogP contribution is 2.58. The summed E-state index contributed by atoms with van der Waals surface area (Å²) in [6.07, 6.45) is 8.20. The van der Waals surface area contributed by atoms with E-state index in [4.69, 9.17) is 5.11 Å². The first-order valence-electron chi connectivity index (χ1n) is 8.45. The number of hydrogen-bond donors (Lipinski definition) is 2. The number of carboxylic acid groups (broad SMARTS) is 1. The van der Waals surface area contributed by atoms with Crippen molar-refractivity contribution in [1.29, 1.82) is 0 Å². The van der Waals surface area contributed by atoms with Crippen molar-refractivity contribution in [2.45, 2.75) is 71.3 Å². The SMILES string of the molecule is C=C(CCC[C@@H](C)C1CCC2C(O)CCC[C@@]21C)C(=O)O. The van der Waals surface area contributed by atoms with Crippen molar-refractivity contribution >= 4 is 5.97 Å². The molecule has 3 nitrogen and oxygen atoms in total. The lowest BCUT2D eigenvalue weighted by atomic mass is 9.61. The fourth-order valence-corrected chi connectivity index (χ4v) is 5.07. The van der Waals surface area contributed by atoms with Gasteiger partial charge in [0.05, 0.1) is 6.10 Å². The quantitative estimate of drug-likeness (QED) is 0.728. The van der Waals surface area contributed by atoms with E-state index in [0.717, 1.165) is 32.1 Å². The third kappa shape index (κ3) is 3.33. The van der Waals surface area contributed by atoms with Crippen molar-refractivity contribution in [3.63, 3.8) is 0 Å². The predicted molar refractivity (Wildman–Crippen MR) is 84.0 cm³/mol. The van der Waals surface area contributed by atoms with Gasteiger partial charge in [0.1, 0.15) is 0 Å². The van der Waals surface area contributed by atoms with Crippen molar-refractivity contribution in [2.75, 3.05) is 0 Å². The topological polar surface area (TPSA) is 57.5 Å². The van der Waals surface area contributed by atoms with Crippen molar-refractivity contribution < 1.29 is 15.0 Å². The maximum absolute atomic E-state index is 10.8. The molecule has 2 saturated carbocycles. The van der Waals surface area contributed by atoms with E-state index in [2.05, 4.69) is 20.4 Å². The van der Waals surface area contributed by atoms with Gasteiger partial charge in [-0.1, -0.05) is 33.3 Å². The van der Waals surface area contributed by atoms with E-state index in [9.17, 15) is 9.90 Å². The van der Waals surface area contributed by atoms with Crippen LogP contribution < -0.4 is 0 Å². The molecular weight excluding hydrogens is 264 g/mol. The zero-order valence-electron chi connectivity index (χ0n) is 13.5. The molecule has 0 radical (unpaired) electrons. The van der Waals surface area contributed by atoms with Crippen LogP contribution in [-0.2, 0) is 4.79 Å².